The van der Waals surface area contributed by atoms with E-state index in [1.807, 2.05) is 44.2 Å². The zero-order valence-electron chi connectivity index (χ0n) is 21.8. The topological polar surface area (TPSA) is 88.7 Å². The molecule has 3 N–H and O–H groups in total. The zero-order valence-corrected chi connectivity index (χ0v) is 24.1. The van der Waals surface area contributed by atoms with Gasteiger partial charge in [0.15, 0.2) is 0 Å². The van der Waals surface area contributed by atoms with E-state index in [9.17, 15) is 9.59 Å². The molecule has 1 fully saturated rings. The van der Waals surface area contributed by atoms with E-state index in [4.69, 9.17) is 20.9 Å². The van der Waals surface area contributed by atoms with Gasteiger partial charge in [0, 0.05) is 29.0 Å². The first-order valence-corrected chi connectivity index (χ1v) is 13.9. The van der Waals surface area contributed by atoms with Crippen LogP contribution in [0.4, 0.5) is 0 Å². The predicted molar refractivity (Wildman–Crippen MR) is 152 cm³/mol. The summed E-state index contributed by atoms with van der Waals surface area (Å²) < 4.78 is 13.0. The maximum atomic E-state index is 13.7. The van der Waals surface area contributed by atoms with Crippen molar-refractivity contribution in [2.75, 3.05) is 13.1 Å². The van der Waals surface area contributed by atoms with Crippen molar-refractivity contribution in [1.82, 2.24) is 16.0 Å². The van der Waals surface area contributed by atoms with Crippen LogP contribution in [0, 0.1) is 5.92 Å². The highest BCUT2D eigenvalue weighted by atomic mass is 79.9. The Kier molecular flexibility index (Phi) is 11.5. The summed E-state index contributed by atoms with van der Waals surface area (Å²) >= 11 is 9.54. The largest absolute Gasteiger partial charge is 0.481 e. The SMILES string of the molecule is CC(C)C[C@H](NC(=O)[C@H](Cc1ccccc1)NC(=O)c1cc(Cl)ccc1Br)B1OC(C)CNCC(C)O1. The maximum absolute atomic E-state index is 13.7. The smallest absolute Gasteiger partial charge is 0.406 e. The van der Waals surface area contributed by atoms with E-state index in [2.05, 4.69) is 45.7 Å². The van der Waals surface area contributed by atoms with Crippen molar-refractivity contribution in [1.29, 1.82) is 0 Å². The van der Waals surface area contributed by atoms with Gasteiger partial charge in [0.05, 0.1) is 23.7 Å². The van der Waals surface area contributed by atoms with Crippen molar-refractivity contribution in [3.8, 4) is 0 Å². The molecule has 0 bridgehead atoms. The number of nitrogens with one attached hydrogen (secondary N) is 3. The van der Waals surface area contributed by atoms with Crippen LogP contribution in [-0.2, 0) is 20.5 Å². The van der Waals surface area contributed by atoms with E-state index in [0.717, 1.165) is 5.56 Å². The molecule has 2 aromatic carbocycles. The first-order valence-electron chi connectivity index (χ1n) is 12.7. The Morgan fingerprint density at radius 3 is 2.35 bits per heavy atom. The Morgan fingerprint density at radius 1 is 1.08 bits per heavy atom. The van der Waals surface area contributed by atoms with Gasteiger partial charge in [-0.3, -0.25) is 9.59 Å². The van der Waals surface area contributed by atoms with Crippen LogP contribution in [0.1, 0.15) is 50.0 Å². The number of hydrogen-bond donors (Lipinski definition) is 3. The molecule has 7 nitrogen and oxygen atoms in total. The average Bonchev–Trinajstić information content (AvgIpc) is 2.83. The summed E-state index contributed by atoms with van der Waals surface area (Å²) in [4.78, 5) is 27.0. The van der Waals surface area contributed by atoms with E-state index in [-0.39, 0.29) is 30.0 Å². The fourth-order valence-electron chi connectivity index (χ4n) is 4.26. The van der Waals surface area contributed by atoms with Crippen LogP contribution in [0.2, 0.25) is 5.02 Å². The zero-order chi connectivity index (χ0) is 26.9. The van der Waals surface area contributed by atoms with E-state index in [1.165, 1.54) is 0 Å². The summed E-state index contributed by atoms with van der Waals surface area (Å²) in [7, 11) is -0.603. The van der Waals surface area contributed by atoms with Gasteiger partial charge in [-0.15, -0.1) is 0 Å². The van der Waals surface area contributed by atoms with Crippen molar-refractivity contribution in [3.63, 3.8) is 0 Å². The molecule has 0 radical (unpaired) electrons. The van der Waals surface area contributed by atoms with Crippen LogP contribution in [0.3, 0.4) is 0 Å². The minimum atomic E-state index is -0.819. The molecule has 0 spiro atoms. The van der Waals surface area contributed by atoms with Crippen molar-refractivity contribution >= 4 is 46.5 Å². The van der Waals surface area contributed by atoms with Crippen molar-refractivity contribution in [3.05, 3.63) is 69.2 Å². The Morgan fingerprint density at radius 2 is 1.73 bits per heavy atom. The molecule has 0 aliphatic carbocycles. The minimum absolute atomic E-state index is 0.0796. The number of hydrogen-bond acceptors (Lipinski definition) is 5. The van der Waals surface area contributed by atoms with Gasteiger partial charge < -0.3 is 25.3 Å². The molecule has 37 heavy (non-hydrogen) atoms. The number of carbonyl (C=O) groups excluding carboxylic acids is 2. The number of rotatable bonds is 9. The molecule has 1 saturated heterocycles. The summed E-state index contributed by atoms with van der Waals surface area (Å²) in [5.41, 5.74) is 1.29. The van der Waals surface area contributed by atoms with Gasteiger partial charge >= 0.3 is 7.12 Å². The second kappa shape index (κ2) is 14.3. The fraction of sp³-hybridized carbons (Fsp3) is 0.481. The standard InChI is InChI=1S/C27H36BBrClN3O4/c1-17(2)12-25(28-36-18(3)15-31-16-19(4)37-28)33-27(35)24(13-20-8-6-5-7-9-20)32-26(34)22-14-21(30)10-11-23(22)29/h5-11,14,17-19,24-25,31H,12-13,15-16H2,1-4H3,(H,32,34)(H,33,35)/t18?,19?,24-,25-/m0/s1. The molecule has 2 unspecified atom stereocenters. The van der Waals surface area contributed by atoms with Crippen LogP contribution < -0.4 is 16.0 Å². The Bertz CT molecular complexity index is 1030. The number of halogens is 2. The summed E-state index contributed by atoms with van der Waals surface area (Å²) in [5.74, 6) is -0.786. The lowest BCUT2D eigenvalue weighted by Crippen LogP contribution is -2.58. The number of benzene rings is 2. The molecule has 2 amide bonds. The first-order chi connectivity index (χ1) is 17.6. The second-order valence-electron chi connectivity index (χ2n) is 10.0. The Balaban J connectivity index is 1.84. The fourth-order valence-corrected chi connectivity index (χ4v) is 4.86. The lowest BCUT2D eigenvalue weighted by Gasteiger charge is -2.33. The molecule has 2 aromatic rings. The van der Waals surface area contributed by atoms with Crippen LogP contribution in [0.15, 0.2) is 53.0 Å². The lowest BCUT2D eigenvalue weighted by atomic mass is 9.72. The van der Waals surface area contributed by atoms with Gasteiger partial charge in [0.2, 0.25) is 5.91 Å². The highest BCUT2D eigenvalue weighted by Crippen LogP contribution is 2.22. The summed E-state index contributed by atoms with van der Waals surface area (Å²) in [6, 6.07) is 13.8. The monoisotopic (exact) mass is 591 g/mol. The molecular weight excluding hydrogens is 556 g/mol. The molecule has 1 aliphatic rings. The van der Waals surface area contributed by atoms with Gasteiger partial charge in [-0.1, -0.05) is 55.8 Å². The van der Waals surface area contributed by atoms with Gasteiger partial charge in [-0.05, 0) is 65.9 Å². The summed E-state index contributed by atoms with van der Waals surface area (Å²) in [6.45, 7) is 9.55. The van der Waals surface area contributed by atoms with Crippen LogP contribution in [-0.4, -0.2) is 56.2 Å². The Hall–Kier alpha value is -1.91. The van der Waals surface area contributed by atoms with Crippen LogP contribution >= 0.6 is 27.5 Å². The predicted octanol–water partition coefficient (Wildman–Crippen LogP) is 4.42. The quantitative estimate of drug-likeness (QED) is 0.376. The third kappa shape index (κ3) is 9.41. The van der Waals surface area contributed by atoms with E-state index >= 15 is 0 Å². The van der Waals surface area contributed by atoms with Crippen molar-refractivity contribution in [2.45, 2.75) is 64.7 Å². The van der Waals surface area contributed by atoms with Gasteiger partial charge in [0.1, 0.15) is 6.04 Å². The summed E-state index contributed by atoms with van der Waals surface area (Å²) in [6.07, 6.45) is 0.830. The average molecular weight is 593 g/mol. The molecule has 0 saturated carbocycles. The molecule has 1 heterocycles. The number of amides is 2. The van der Waals surface area contributed by atoms with Gasteiger partial charge in [-0.2, -0.15) is 0 Å². The second-order valence-corrected chi connectivity index (χ2v) is 11.3. The molecule has 10 heteroatoms. The maximum Gasteiger partial charge on any atom is 0.481 e. The highest BCUT2D eigenvalue weighted by molar-refractivity contribution is 9.10. The van der Waals surface area contributed by atoms with E-state index < -0.39 is 19.1 Å². The van der Waals surface area contributed by atoms with E-state index in [1.54, 1.807) is 18.2 Å². The molecule has 0 aromatic heterocycles. The third-order valence-corrected chi connectivity index (χ3v) is 6.98. The number of carbonyl (C=O) groups is 2. The van der Waals surface area contributed by atoms with E-state index in [0.29, 0.717) is 41.0 Å². The molecule has 200 valence electrons. The Labute approximate surface area is 233 Å². The lowest BCUT2D eigenvalue weighted by molar-refractivity contribution is -0.123. The molecule has 4 atom stereocenters. The van der Waals surface area contributed by atoms with Crippen molar-refractivity contribution < 1.29 is 18.9 Å². The van der Waals surface area contributed by atoms with Gasteiger partial charge in [-0.25, -0.2) is 0 Å². The first kappa shape index (κ1) is 29.6. The molecule has 3 rings (SSSR count). The van der Waals surface area contributed by atoms with Crippen LogP contribution in [0.25, 0.3) is 0 Å². The normalized spacial score (nSPS) is 20.0. The molecular formula is C27H36BBrClN3O4. The van der Waals surface area contributed by atoms with Gasteiger partial charge in [0.25, 0.3) is 5.91 Å². The highest BCUT2D eigenvalue weighted by Gasteiger charge is 2.37. The minimum Gasteiger partial charge on any atom is -0.406 e. The molecule has 1 aliphatic heterocycles. The third-order valence-electron chi connectivity index (χ3n) is 6.06. The van der Waals surface area contributed by atoms with Crippen molar-refractivity contribution in [2.24, 2.45) is 5.92 Å². The van der Waals surface area contributed by atoms with Crippen LogP contribution in [0.5, 0.6) is 0 Å². The summed E-state index contributed by atoms with van der Waals surface area (Å²) in [5, 5.41) is 9.83.